The van der Waals surface area contributed by atoms with E-state index >= 15 is 0 Å². The summed E-state index contributed by atoms with van der Waals surface area (Å²) < 4.78 is 0. The van der Waals surface area contributed by atoms with E-state index in [9.17, 15) is 29.4 Å². The predicted octanol–water partition coefficient (Wildman–Crippen LogP) is 5.27. The first-order valence-electron chi connectivity index (χ1n) is 16.0. The number of tetrazole rings is 1. The van der Waals surface area contributed by atoms with Crippen LogP contribution in [0.2, 0.25) is 0 Å². The number of benzene rings is 2. The number of nitrogens with zero attached hydrogens (tertiary/aromatic N) is 5. The molecule has 0 aliphatic rings. The van der Waals surface area contributed by atoms with Gasteiger partial charge in [-0.3, -0.25) is 9.59 Å². The van der Waals surface area contributed by atoms with Gasteiger partial charge in [0.2, 0.25) is 11.8 Å². The van der Waals surface area contributed by atoms with Crippen molar-refractivity contribution in [1.29, 1.82) is 0 Å². The Kier molecular flexibility index (Phi) is 13.4. The molecule has 3 rings (SSSR count). The van der Waals surface area contributed by atoms with Crippen LogP contribution in [-0.4, -0.2) is 83.0 Å². The lowest BCUT2D eigenvalue weighted by Crippen LogP contribution is -2.55. The molecule has 248 valence electrons. The Morgan fingerprint density at radius 3 is 1.85 bits per heavy atom. The fraction of sp³-hybridized carbons (Fsp3) is 0.500. The monoisotopic (exact) mass is 634 g/mol. The lowest BCUT2D eigenvalue weighted by molar-refractivity contribution is -0.157. The summed E-state index contributed by atoms with van der Waals surface area (Å²) in [4.78, 5) is 54.7. The van der Waals surface area contributed by atoms with Crippen LogP contribution < -0.4 is 0 Å². The zero-order chi connectivity index (χ0) is 33.8. The van der Waals surface area contributed by atoms with Crippen molar-refractivity contribution in [1.82, 2.24) is 30.4 Å². The summed E-state index contributed by atoms with van der Waals surface area (Å²) in [5.41, 5.74) is 3.33. The highest BCUT2D eigenvalue weighted by molar-refractivity contribution is 5.86. The molecule has 0 spiro atoms. The van der Waals surface area contributed by atoms with Crippen molar-refractivity contribution in [2.24, 2.45) is 11.8 Å². The Hall–Kier alpha value is -4.61. The Labute approximate surface area is 270 Å². The third-order valence-corrected chi connectivity index (χ3v) is 8.11. The molecule has 1 unspecified atom stereocenters. The molecule has 0 fully saturated rings. The average molecular weight is 635 g/mol. The molecule has 0 bridgehead atoms. The topological polar surface area (TPSA) is 170 Å². The van der Waals surface area contributed by atoms with Crippen molar-refractivity contribution < 1.29 is 29.4 Å². The smallest absolute Gasteiger partial charge is 0.326 e. The summed E-state index contributed by atoms with van der Waals surface area (Å²) in [6.07, 6.45) is 3.04. The van der Waals surface area contributed by atoms with Crippen molar-refractivity contribution >= 4 is 23.8 Å². The van der Waals surface area contributed by atoms with Gasteiger partial charge in [0, 0.05) is 37.4 Å². The molecule has 12 heteroatoms. The minimum absolute atomic E-state index is 0.0358. The van der Waals surface area contributed by atoms with E-state index in [1.807, 2.05) is 62.4 Å². The van der Waals surface area contributed by atoms with Gasteiger partial charge >= 0.3 is 11.9 Å². The molecule has 2 aromatic carbocycles. The Balaban J connectivity index is 1.95. The second-order valence-electron chi connectivity index (χ2n) is 12.1. The Morgan fingerprint density at radius 2 is 1.35 bits per heavy atom. The number of aromatic amines is 1. The van der Waals surface area contributed by atoms with Gasteiger partial charge in [-0.05, 0) is 45.9 Å². The van der Waals surface area contributed by atoms with Gasteiger partial charge < -0.3 is 20.0 Å². The lowest BCUT2D eigenvalue weighted by Gasteiger charge is -2.38. The van der Waals surface area contributed by atoms with Crippen molar-refractivity contribution in [3.8, 4) is 22.5 Å². The van der Waals surface area contributed by atoms with Crippen LogP contribution in [0.5, 0.6) is 0 Å². The summed E-state index contributed by atoms with van der Waals surface area (Å²) in [5.74, 6) is -3.62. The average Bonchev–Trinajstić information content (AvgIpc) is 3.57. The van der Waals surface area contributed by atoms with Gasteiger partial charge in [-0.2, -0.15) is 0 Å². The highest BCUT2D eigenvalue weighted by Crippen LogP contribution is 2.30. The Morgan fingerprint density at radius 1 is 0.783 bits per heavy atom. The van der Waals surface area contributed by atoms with Gasteiger partial charge in [0.15, 0.2) is 5.82 Å². The SMILES string of the molecule is CCCCC(=O)N(CC(C)[C@@H](C(=O)O)N(Cc1ccc(-c2ccccc2-c2nnn[nH]2)cc1)C(=O)CCCC)[C@H](C(=O)O)C(C)C. The van der Waals surface area contributed by atoms with Gasteiger partial charge in [0.05, 0.1) is 0 Å². The molecule has 12 nitrogen and oxygen atoms in total. The maximum absolute atomic E-state index is 13.6. The van der Waals surface area contributed by atoms with Crippen molar-refractivity contribution in [2.45, 2.75) is 91.8 Å². The number of H-pyrrole nitrogens is 1. The van der Waals surface area contributed by atoms with E-state index in [-0.39, 0.29) is 37.7 Å². The second kappa shape index (κ2) is 17.2. The lowest BCUT2D eigenvalue weighted by atomic mass is 9.94. The molecule has 0 saturated heterocycles. The number of amides is 2. The standard InChI is InChI=1S/C34H46N6O6/c1-6-8-14-28(41)39(30(22(3)4)33(43)44)20-23(5)31(34(45)46)40(29(42)15-9-7-2)21-24-16-18-25(19-17-24)26-12-10-11-13-27(26)32-35-37-38-36-32/h10-13,16-19,22-23,30-31H,6-9,14-15,20-21H2,1-5H3,(H,43,44)(H,45,46)(H,35,36,37,38)/t23?,30-,31-/m0/s1. The summed E-state index contributed by atoms with van der Waals surface area (Å²) in [7, 11) is 0. The molecule has 1 aromatic heterocycles. The number of aromatic nitrogens is 4. The number of carbonyl (C=O) groups excluding carboxylic acids is 2. The predicted molar refractivity (Wildman–Crippen MR) is 173 cm³/mol. The Bertz CT molecular complexity index is 1440. The number of rotatable bonds is 18. The fourth-order valence-electron chi connectivity index (χ4n) is 5.73. The summed E-state index contributed by atoms with van der Waals surface area (Å²) in [5, 5.41) is 34.7. The first kappa shape index (κ1) is 35.9. The van der Waals surface area contributed by atoms with Crippen LogP contribution in [0.1, 0.15) is 78.7 Å². The molecule has 0 radical (unpaired) electrons. The van der Waals surface area contributed by atoms with Crippen LogP contribution in [0.15, 0.2) is 48.5 Å². The third-order valence-electron chi connectivity index (χ3n) is 8.11. The van der Waals surface area contributed by atoms with E-state index in [0.717, 1.165) is 35.1 Å². The molecule has 46 heavy (non-hydrogen) atoms. The van der Waals surface area contributed by atoms with Crippen LogP contribution in [-0.2, 0) is 25.7 Å². The van der Waals surface area contributed by atoms with E-state index in [4.69, 9.17) is 0 Å². The molecule has 3 aromatic rings. The van der Waals surface area contributed by atoms with E-state index in [1.165, 1.54) is 9.80 Å². The highest BCUT2D eigenvalue weighted by atomic mass is 16.4. The number of hydrogen-bond acceptors (Lipinski definition) is 7. The quantitative estimate of drug-likeness (QED) is 0.169. The fourth-order valence-corrected chi connectivity index (χ4v) is 5.73. The minimum atomic E-state index is -1.29. The third kappa shape index (κ3) is 9.21. The number of carboxylic acid groups (broad SMARTS) is 2. The molecule has 0 aliphatic carbocycles. The molecule has 1 heterocycles. The number of unbranched alkanes of at least 4 members (excludes halogenated alkanes) is 2. The largest absolute Gasteiger partial charge is 0.480 e. The first-order valence-corrected chi connectivity index (χ1v) is 16.0. The number of carbonyl (C=O) groups is 4. The van der Waals surface area contributed by atoms with Gasteiger partial charge in [-0.15, -0.1) is 5.10 Å². The van der Waals surface area contributed by atoms with Crippen molar-refractivity contribution in [3.05, 3.63) is 54.1 Å². The van der Waals surface area contributed by atoms with Crippen LogP contribution >= 0.6 is 0 Å². The number of nitrogens with one attached hydrogen (secondary N) is 1. The van der Waals surface area contributed by atoms with Gasteiger partial charge in [0.1, 0.15) is 12.1 Å². The van der Waals surface area contributed by atoms with Crippen LogP contribution in [0, 0.1) is 11.8 Å². The van der Waals surface area contributed by atoms with E-state index in [0.29, 0.717) is 18.7 Å². The first-order chi connectivity index (χ1) is 22.0. The van der Waals surface area contributed by atoms with E-state index in [2.05, 4.69) is 20.6 Å². The van der Waals surface area contributed by atoms with Crippen molar-refractivity contribution in [2.75, 3.05) is 6.54 Å². The number of aliphatic carboxylic acids is 2. The molecule has 3 atom stereocenters. The molecular formula is C34H46N6O6. The molecule has 0 aliphatic heterocycles. The van der Waals surface area contributed by atoms with Crippen molar-refractivity contribution in [3.63, 3.8) is 0 Å². The van der Waals surface area contributed by atoms with E-state index in [1.54, 1.807) is 20.8 Å². The summed E-state index contributed by atoms with van der Waals surface area (Å²) in [6.45, 7) is 8.94. The van der Waals surface area contributed by atoms with Gasteiger partial charge in [-0.1, -0.05) is 96.0 Å². The minimum Gasteiger partial charge on any atom is -0.480 e. The van der Waals surface area contributed by atoms with E-state index < -0.39 is 35.9 Å². The highest BCUT2D eigenvalue weighted by Gasteiger charge is 2.39. The molecule has 3 N–H and O–H groups in total. The zero-order valence-electron chi connectivity index (χ0n) is 27.3. The number of hydrogen-bond donors (Lipinski definition) is 3. The second-order valence-corrected chi connectivity index (χ2v) is 12.1. The number of carboxylic acids is 2. The zero-order valence-corrected chi connectivity index (χ0v) is 27.3. The normalized spacial score (nSPS) is 13.2. The molecule has 2 amide bonds. The van der Waals surface area contributed by atoms with Crippen LogP contribution in [0.25, 0.3) is 22.5 Å². The van der Waals surface area contributed by atoms with Crippen LogP contribution in [0.4, 0.5) is 0 Å². The van der Waals surface area contributed by atoms with Gasteiger partial charge in [-0.25, -0.2) is 14.7 Å². The molecular weight excluding hydrogens is 588 g/mol. The molecule has 0 saturated carbocycles. The maximum Gasteiger partial charge on any atom is 0.326 e. The van der Waals surface area contributed by atoms with Gasteiger partial charge in [0.25, 0.3) is 0 Å². The summed E-state index contributed by atoms with van der Waals surface area (Å²) in [6, 6.07) is 12.8. The van der Waals surface area contributed by atoms with Crippen LogP contribution in [0.3, 0.4) is 0 Å². The summed E-state index contributed by atoms with van der Waals surface area (Å²) >= 11 is 0. The maximum atomic E-state index is 13.6.